The van der Waals surface area contributed by atoms with E-state index in [0.717, 1.165) is 51.0 Å². The van der Waals surface area contributed by atoms with Gasteiger partial charge >= 0.3 is 6.18 Å². The molecule has 11 heteroatoms. The summed E-state index contributed by atoms with van der Waals surface area (Å²) in [5, 5.41) is 2.65. The van der Waals surface area contributed by atoms with E-state index < -0.39 is 23.4 Å². The Bertz CT molecular complexity index is 1020. The Balaban J connectivity index is 1.40. The number of carbonyl (C=O) groups excluding carboxylic acids is 2. The maximum Gasteiger partial charge on any atom is 0.437 e. The minimum atomic E-state index is -4.78. The van der Waals surface area contributed by atoms with Crippen molar-refractivity contribution >= 4 is 23.5 Å². The Kier molecular flexibility index (Phi) is 7.61. The van der Waals surface area contributed by atoms with Crippen LogP contribution in [0.25, 0.3) is 0 Å². The van der Waals surface area contributed by atoms with E-state index in [4.69, 9.17) is 4.42 Å². The van der Waals surface area contributed by atoms with Gasteiger partial charge in [-0.05, 0) is 49.7 Å². The highest BCUT2D eigenvalue weighted by Gasteiger charge is 2.41. The summed E-state index contributed by atoms with van der Waals surface area (Å²) in [6.45, 7) is 2.64. The summed E-state index contributed by atoms with van der Waals surface area (Å²) in [7, 11) is 1.63. The van der Waals surface area contributed by atoms with Crippen molar-refractivity contribution in [3.63, 3.8) is 0 Å². The standard InChI is InChI=1S/C24H30F3N5O3/c1-28-20(34)14-16-7-11-31(12-8-16)19-6-5-17(15-29-19)13-18(33)21-22(24(25,26)27)30-23(35-21)32-9-3-2-4-10-32/h5-6,15-16H,2-4,7-14H2,1H3,(H,28,34). The average Bonchev–Trinajstić information content (AvgIpc) is 3.32. The van der Waals surface area contributed by atoms with E-state index in [9.17, 15) is 22.8 Å². The smallest absolute Gasteiger partial charge is 0.420 e. The Morgan fingerprint density at radius 3 is 2.40 bits per heavy atom. The van der Waals surface area contributed by atoms with Crippen LogP contribution < -0.4 is 15.1 Å². The molecule has 8 nitrogen and oxygen atoms in total. The summed E-state index contributed by atoms with van der Waals surface area (Å²) >= 11 is 0. The van der Waals surface area contributed by atoms with E-state index in [-0.39, 0.29) is 18.3 Å². The molecule has 0 aliphatic carbocycles. The number of piperidine rings is 2. The molecule has 0 bridgehead atoms. The second-order valence-corrected chi connectivity index (χ2v) is 9.15. The Hall–Kier alpha value is -3.11. The SMILES string of the molecule is CNC(=O)CC1CCN(c2ccc(CC(=O)c3oc(N4CCCCC4)nc3C(F)(F)F)cn2)CC1. The van der Waals surface area contributed by atoms with Crippen molar-refractivity contribution in [2.75, 3.05) is 43.0 Å². The lowest BCUT2D eigenvalue weighted by Crippen LogP contribution is -2.35. The van der Waals surface area contributed by atoms with Gasteiger partial charge < -0.3 is 19.5 Å². The van der Waals surface area contributed by atoms with E-state index in [0.29, 0.717) is 31.0 Å². The van der Waals surface area contributed by atoms with Gasteiger partial charge in [-0.25, -0.2) is 4.98 Å². The van der Waals surface area contributed by atoms with Crippen LogP contribution in [0.15, 0.2) is 22.7 Å². The number of halogens is 3. The molecule has 1 N–H and O–H groups in total. The average molecular weight is 494 g/mol. The van der Waals surface area contributed by atoms with Crippen molar-refractivity contribution in [3.05, 3.63) is 35.3 Å². The number of aromatic nitrogens is 2. The molecule has 4 rings (SSSR count). The van der Waals surface area contributed by atoms with Crippen molar-refractivity contribution in [1.82, 2.24) is 15.3 Å². The molecule has 2 aliphatic rings. The number of Topliss-reactive ketones (excluding diaryl/α,β-unsaturated/α-hetero) is 1. The van der Waals surface area contributed by atoms with Crippen LogP contribution in [-0.2, 0) is 17.4 Å². The first kappa shape index (κ1) is 25.0. The number of nitrogens with zero attached hydrogens (tertiary/aromatic N) is 4. The number of ketones is 1. The molecule has 0 saturated carbocycles. The molecule has 0 atom stereocenters. The molecule has 2 fully saturated rings. The summed E-state index contributed by atoms with van der Waals surface area (Å²) in [6, 6.07) is 3.33. The highest BCUT2D eigenvalue weighted by Crippen LogP contribution is 2.35. The molecule has 0 aromatic carbocycles. The first-order chi connectivity index (χ1) is 16.7. The fourth-order valence-electron chi connectivity index (χ4n) is 4.61. The van der Waals surface area contributed by atoms with Crippen LogP contribution >= 0.6 is 0 Å². The van der Waals surface area contributed by atoms with Crippen molar-refractivity contribution in [3.8, 4) is 0 Å². The number of pyridine rings is 1. The molecule has 190 valence electrons. The summed E-state index contributed by atoms with van der Waals surface area (Å²) in [5.41, 5.74) is -0.774. The van der Waals surface area contributed by atoms with Crippen LogP contribution in [0.3, 0.4) is 0 Å². The minimum absolute atomic E-state index is 0.0408. The summed E-state index contributed by atoms with van der Waals surface area (Å²) in [6.07, 6.45) is 1.42. The van der Waals surface area contributed by atoms with E-state index >= 15 is 0 Å². The Morgan fingerprint density at radius 2 is 1.80 bits per heavy atom. The second kappa shape index (κ2) is 10.7. The van der Waals surface area contributed by atoms with Gasteiger partial charge in [0.05, 0.1) is 0 Å². The number of nitrogens with one attached hydrogen (secondary N) is 1. The van der Waals surface area contributed by atoms with E-state index in [2.05, 4.69) is 20.2 Å². The molecule has 1 amide bonds. The Morgan fingerprint density at radius 1 is 1.09 bits per heavy atom. The lowest BCUT2D eigenvalue weighted by Gasteiger charge is -2.32. The van der Waals surface area contributed by atoms with Gasteiger partial charge in [-0.1, -0.05) is 6.07 Å². The van der Waals surface area contributed by atoms with Gasteiger partial charge in [0.1, 0.15) is 5.82 Å². The molecule has 0 radical (unpaired) electrons. The lowest BCUT2D eigenvalue weighted by molar-refractivity contribution is -0.141. The quantitative estimate of drug-likeness (QED) is 0.586. The van der Waals surface area contributed by atoms with Crippen LogP contribution in [0.1, 0.15) is 60.3 Å². The monoisotopic (exact) mass is 493 g/mol. The Labute approximate surface area is 201 Å². The van der Waals surface area contributed by atoms with Gasteiger partial charge in [-0.2, -0.15) is 18.2 Å². The number of alkyl halides is 3. The summed E-state index contributed by atoms with van der Waals surface area (Å²) < 4.78 is 46.1. The number of rotatable bonds is 7. The maximum absolute atomic E-state index is 13.6. The summed E-state index contributed by atoms with van der Waals surface area (Å²) in [5.74, 6) is -0.414. The van der Waals surface area contributed by atoms with Gasteiger partial charge in [0.25, 0.3) is 6.01 Å². The van der Waals surface area contributed by atoms with Crippen molar-refractivity contribution in [1.29, 1.82) is 0 Å². The second-order valence-electron chi connectivity index (χ2n) is 9.15. The third-order valence-corrected chi connectivity index (χ3v) is 6.63. The zero-order valence-electron chi connectivity index (χ0n) is 19.7. The number of oxazole rings is 1. The predicted octanol–water partition coefficient (Wildman–Crippen LogP) is 3.86. The number of carbonyl (C=O) groups is 2. The van der Waals surface area contributed by atoms with Crippen molar-refractivity contribution in [2.45, 2.75) is 51.1 Å². The number of hydrogen-bond acceptors (Lipinski definition) is 7. The molecular weight excluding hydrogens is 463 g/mol. The fourth-order valence-corrected chi connectivity index (χ4v) is 4.61. The topological polar surface area (TPSA) is 91.6 Å². The van der Waals surface area contributed by atoms with Crippen LogP contribution in [-0.4, -0.2) is 54.9 Å². The van der Waals surface area contributed by atoms with Gasteiger partial charge in [-0.15, -0.1) is 0 Å². The van der Waals surface area contributed by atoms with Crippen LogP contribution in [0.5, 0.6) is 0 Å². The molecule has 2 aliphatic heterocycles. The van der Waals surface area contributed by atoms with Gasteiger partial charge in [0, 0.05) is 52.3 Å². The molecule has 4 heterocycles. The molecule has 2 aromatic heterocycles. The molecule has 2 aromatic rings. The van der Waals surface area contributed by atoms with Crippen LogP contribution in [0, 0.1) is 5.92 Å². The largest absolute Gasteiger partial charge is 0.437 e. The fraction of sp³-hybridized carbons (Fsp3) is 0.583. The van der Waals surface area contributed by atoms with E-state index in [1.54, 1.807) is 24.1 Å². The van der Waals surface area contributed by atoms with E-state index in [1.165, 1.54) is 6.20 Å². The van der Waals surface area contributed by atoms with Gasteiger partial charge in [0.15, 0.2) is 5.69 Å². The van der Waals surface area contributed by atoms with Gasteiger partial charge in [0.2, 0.25) is 17.5 Å². The lowest BCUT2D eigenvalue weighted by atomic mass is 9.93. The maximum atomic E-state index is 13.6. The molecule has 0 spiro atoms. The van der Waals surface area contributed by atoms with Crippen molar-refractivity contribution < 1.29 is 27.2 Å². The molecule has 2 saturated heterocycles. The minimum Gasteiger partial charge on any atom is -0.420 e. The molecule has 35 heavy (non-hydrogen) atoms. The van der Waals surface area contributed by atoms with Gasteiger partial charge in [-0.3, -0.25) is 9.59 Å². The third kappa shape index (κ3) is 6.12. The highest BCUT2D eigenvalue weighted by molar-refractivity contribution is 5.96. The van der Waals surface area contributed by atoms with Crippen LogP contribution in [0.2, 0.25) is 0 Å². The molecule has 0 unspecified atom stereocenters. The predicted molar refractivity (Wildman–Crippen MR) is 123 cm³/mol. The van der Waals surface area contributed by atoms with Crippen LogP contribution in [0.4, 0.5) is 25.0 Å². The molecular formula is C24H30F3N5O3. The normalized spacial score (nSPS) is 17.5. The number of hydrogen-bond donors (Lipinski definition) is 1. The van der Waals surface area contributed by atoms with Crippen molar-refractivity contribution in [2.24, 2.45) is 5.92 Å². The number of amides is 1. The van der Waals surface area contributed by atoms with E-state index in [1.807, 2.05) is 0 Å². The summed E-state index contributed by atoms with van der Waals surface area (Å²) in [4.78, 5) is 36.2. The zero-order valence-corrected chi connectivity index (χ0v) is 19.7. The first-order valence-electron chi connectivity index (χ1n) is 12.0. The highest BCUT2D eigenvalue weighted by atomic mass is 19.4. The first-order valence-corrected chi connectivity index (χ1v) is 12.0. The number of anilines is 2. The zero-order chi connectivity index (χ0) is 25.0. The third-order valence-electron chi connectivity index (χ3n) is 6.63.